The number of hydrogen-bond acceptors (Lipinski definition) is 23. The highest BCUT2D eigenvalue weighted by Gasteiger charge is 2.47. The van der Waals surface area contributed by atoms with E-state index in [4.69, 9.17) is 16.9 Å². The molecule has 7 rings (SSSR count). The maximum Gasteiger partial charge on any atom is 0.305 e. The summed E-state index contributed by atoms with van der Waals surface area (Å²) in [4.78, 5) is 249. The molecule has 40 nitrogen and oxygen atoms in total. The number of nitrogens with two attached hydrogens (primary N) is 2. The molecular weight excluding hydrogens is 1650 g/mol. The van der Waals surface area contributed by atoms with Gasteiger partial charge >= 0.3 is 17.9 Å². The summed E-state index contributed by atoms with van der Waals surface area (Å²) < 4.78 is 0. The van der Waals surface area contributed by atoms with Crippen molar-refractivity contribution in [1.82, 2.24) is 83.6 Å². The molecule has 43 heteroatoms. The summed E-state index contributed by atoms with van der Waals surface area (Å²) in [6.45, 7) is 3.77. The van der Waals surface area contributed by atoms with E-state index in [1.54, 1.807) is 78.9 Å². The van der Waals surface area contributed by atoms with Gasteiger partial charge in [-0.1, -0.05) is 84.9 Å². The second-order valence-corrected chi connectivity index (χ2v) is 32.9. The number of hydrogen-bond donors (Lipinski definition) is 20. The number of carboxylic acids is 3. The van der Waals surface area contributed by atoms with Crippen molar-refractivity contribution < 1.29 is 102 Å². The van der Waals surface area contributed by atoms with E-state index < -0.39 is 229 Å². The summed E-state index contributed by atoms with van der Waals surface area (Å²) >= 11 is 3.73. The van der Waals surface area contributed by atoms with E-state index in [9.17, 15) is 78.0 Å². The van der Waals surface area contributed by atoms with Gasteiger partial charge in [0.2, 0.25) is 82.7 Å². The predicted molar refractivity (Wildman–Crippen MR) is 447 cm³/mol. The van der Waals surface area contributed by atoms with E-state index in [0.29, 0.717) is 40.8 Å². The topological polar surface area (TPSA) is 627 Å². The molecule has 662 valence electrons. The standard InChI is InChI=1S/C79H107N19O21S3/c1-43(99)64-74(116)87-51(24-25-61(101)102)67(109)89-54(32-45-15-7-5-8-16-45)69(111)92-57(40-121-38-47-19-11-20-48(31-47)39-122-41-58(93-68(110)52(26-30-120-4)86-44(2)100)75(117)98-29-14-23-60(98)76(118)97-28-13-22-59(97)73(115)95-64)71(113)91-56(35-63(105)106)70(112)90-55(33-49-37-83-42-85-49)72(114)96-79(3,36-46-17-9-6-10-18-46)77(119)94-50(21-12-27-84-78(81)82)66(108)88-53(65(80)107)34-62(103)104/h5-11,15-20,31,37,42-43,50-60,64,99H,12-14,21-30,32-36,38-41H2,1-4H3,(H2,80,107)(H,83,85)(H,86,100)(H,87,116)(H,88,108)(H,89,109)(H,90,112)(H,91,113)(H,92,111)(H,93,110)(H,94,119)(H,95,115)(H,96,114)(H,101,102)(H,103,104)(H,105,106)(H4,81,82,84)/t43-,50+,51+,52+,53+,54+,55+,56+,57+,58+,59+,60+,64+,79+/m1/s1. The van der Waals surface area contributed by atoms with Gasteiger partial charge in [0, 0.05) is 81.4 Å². The maximum atomic E-state index is 15.3. The molecule has 22 N–H and O–H groups in total. The number of amides is 14. The number of aromatic amines is 1. The maximum absolute atomic E-state index is 15.3. The van der Waals surface area contributed by atoms with Gasteiger partial charge in [-0.15, -0.1) is 0 Å². The fraction of sp³-hybridized carbons (Fsp3) is 0.506. The van der Waals surface area contributed by atoms with Gasteiger partial charge in [-0.3, -0.25) is 86.9 Å². The number of imidazole rings is 1. The number of aliphatic carboxylic acids is 3. The number of rotatable bonds is 35. The van der Waals surface area contributed by atoms with Gasteiger partial charge in [-0.05, 0) is 99.5 Å². The molecule has 1 aromatic heterocycles. The van der Waals surface area contributed by atoms with Crippen molar-refractivity contribution in [2.24, 2.45) is 11.5 Å². The lowest BCUT2D eigenvalue weighted by molar-refractivity contribution is -0.148. The van der Waals surface area contributed by atoms with Crippen molar-refractivity contribution >= 4 is 142 Å². The van der Waals surface area contributed by atoms with Gasteiger partial charge in [0.15, 0.2) is 5.96 Å². The fourth-order valence-corrected chi connectivity index (χ4v) is 16.4. The molecule has 0 radical (unpaired) electrons. The van der Waals surface area contributed by atoms with E-state index in [1.807, 2.05) is 12.3 Å². The lowest BCUT2D eigenvalue weighted by Gasteiger charge is -2.34. The molecule has 2 fully saturated rings. The Balaban J connectivity index is 1.26. The van der Waals surface area contributed by atoms with E-state index in [2.05, 4.69) is 73.8 Å². The number of aliphatic hydroxyl groups excluding tert-OH is 1. The van der Waals surface area contributed by atoms with Gasteiger partial charge < -0.3 is 110 Å². The number of benzene rings is 3. The number of aromatic nitrogens is 2. The molecule has 0 unspecified atom stereocenters. The van der Waals surface area contributed by atoms with Crippen LogP contribution < -0.4 is 75.3 Å². The highest BCUT2D eigenvalue weighted by atomic mass is 32.2. The van der Waals surface area contributed by atoms with Crippen LogP contribution in [0.15, 0.2) is 97.5 Å². The number of carboxylic acid groups (broad SMARTS) is 3. The number of thioether (sulfide) groups is 3. The third kappa shape index (κ3) is 30.7. The van der Waals surface area contributed by atoms with Crippen LogP contribution in [0.4, 0.5) is 0 Å². The van der Waals surface area contributed by atoms with Crippen LogP contribution >= 0.6 is 35.3 Å². The van der Waals surface area contributed by atoms with Gasteiger partial charge in [-0.25, -0.2) is 4.98 Å². The fourth-order valence-electron chi connectivity index (χ4n) is 13.9. The summed E-state index contributed by atoms with van der Waals surface area (Å²) in [7, 11) is 0. The minimum atomic E-state index is -2.12. The van der Waals surface area contributed by atoms with Gasteiger partial charge in [0.25, 0.3) is 0 Å². The van der Waals surface area contributed by atoms with Crippen LogP contribution in [0, 0.1) is 5.41 Å². The highest BCUT2D eigenvalue weighted by Crippen LogP contribution is 2.28. The predicted octanol–water partition coefficient (Wildman–Crippen LogP) is -2.96. The molecule has 14 atom stereocenters. The summed E-state index contributed by atoms with van der Waals surface area (Å²) in [6, 6.07) is 3.98. The minimum absolute atomic E-state index is 0.0180. The van der Waals surface area contributed by atoms with Crippen LogP contribution in [0.5, 0.6) is 0 Å². The molecule has 122 heavy (non-hydrogen) atoms. The van der Waals surface area contributed by atoms with Crippen molar-refractivity contribution in [2.75, 3.05) is 43.1 Å². The molecule has 4 heterocycles. The summed E-state index contributed by atoms with van der Waals surface area (Å²) in [5.41, 5.74) is 11.1. The number of nitrogens with zero attached hydrogens (tertiary/aromatic N) is 3. The third-order valence-electron chi connectivity index (χ3n) is 20.1. The number of fused-ring (bicyclic) bond motifs is 4. The smallest absolute Gasteiger partial charge is 0.305 e. The van der Waals surface area contributed by atoms with Crippen LogP contribution in [0.1, 0.15) is 119 Å². The molecule has 2 bridgehead atoms. The van der Waals surface area contributed by atoms with Crippen molar-refractivity contribution in [3.63, 3.8) is 0 Å². The third-order valence-corrected chi connectivity index (χ3v) is 23.0. The van der Waals surface area contributed by atoms with Crippen LogP contribution in [0.3, 0.4) is 0 Å². The number of carbonyl (C=O) groups is 17. The molecule has 3 aromatic carbocycles. The number of nitrogens with one attached hydrogen (secondary N) is 14. The Bertz CT molecular complexity index is 4380. The summed E-state index contributed by atoms with van der Waals surface area (Å²) in [5.74, 6) is -18.6. The molecular formula is C79H107N19O21S3. The number of aliphatic hydroxyl groups is 1. The number of guanidine groups is 1. The summed E-state index contributed by atoms with van der Waals surface area (Å²) in [6.07, 6.45) is -1.23. The molecule has 3 aliphatic rings. The largest absolute Gasteiger partial charge is 0.481 e. The Kier molecular flexibility index (Phi) is 38.2. The van der Waals surface area contributed by atoms with E-state index in [1.165, 1.54) is 59.7 Å². The average molecular weight is 1760 g/mol. The second kappa shape index (κ2) is 48.0. The van der Waals surface area contributed by atoms with E-state index in [-0.39, 0.29) is 87.5 Å². The van der Waals surface area contributed by atoms with Crippen molar-refractivity contribution in [1.29, 1.82) is 5.41 Å². The minimum Gasteiger partial charge on any atom is -0.481 e. The van der Waals surface area contributed by atoms with Crippen molar-refractivity contribution in [2.45, 2.75) is 206 Å². The Morgan fingerprint density at radius 2 is 1.24 bits per heavy atom. The molecule has 3 aliphatic heterocycles. The Labute approximate surface area is 715 Å². The molecule has 0 spiro atoms. The summed E-state index contributed by atoms with van der Waals surface area (Å²) in [5, 5.41) is 79.3. The first-order chi connectivity index (χ1) is 58.0. The first-order valence-corrected chi connectivity index (χ1v) is 43.2. The second-order valence-electron chi connectivity index (χ2n) is 29.9. The zero-order valence-electron chi connectivity index (χ0n) is 67.7. The first-order valence-electron chi connectivity index (χ1n) is 39.5. The lowest BCUT2D eigenvalue weighted by atomic mass is 9.90. The van der Waals surface area contributed by atoms with Crippen molar-refractivity contribution in [3.8, 4) is 0 Å². The Hall–Kier alpha value is -11.9. The Morgan fingerprint density at radius 3 is 1.84 bits per heavy atom. The number of primary amides is 1. The molecule has 14 amide bonds. The number of H-pyrrole nitrogens is 1. The molecule has 4 aromatic rings. The van der Waals surface area contributed by atoms with Crippen LogP contribution in [-0.4, -0.2) is 274 Å². The van der Waals surface area contributed by atoms with Gasteiger partial charge in [-0.2, -0.15) is 35.3 Å². The number of carbonyl (C=O) groups excluding carboxylic acids is 14. The quantitative estimate of drug-likeness (QED) is 0.0124. The van der Waals surface area contributed by atoms with Crippen LogP contribution in [0.25, 0.3) is 0 Å². The zero-order chi connectivity index (χ0) is 89.3. The molecule has 0 saturated carbocycles. The van der Waals surface area contributed by atoms with Gasteiger partial charge in [0.05, 0.1) is 31.0 Å². The van der Waals surface area contributed by atoms with E-state index >= 15 is 24.0 Å². The van der Waals surface area contributed by atoms with Crippen LogP contribution in [-0.2, 0) is 112 Å². The monoisotopic (exact) mass is 1750 g/mol. The lowest BCUT2D eigenvalue weighted by Crippen LogP contribution is -2.65. The molecule has 0 aliphatic carbocycles. The van der Waals surface area contributed by atoms with E-state index in [0.717, 1.165) is 18.7 Å². The zero-order valence-corrected chi connectivity index (χ0v) is 70.2. The average Bonchev–Trinajstić information content (AvgIpc) is 1.65. The van der Waals surface area contributed by atoms with Gasteiger partial charge in [0.1, 0.15) is 78.0 Å². The van der Waals surface area contributed by atoms with Crippen molar-refractivity contribution in [3.05, 3.63) is 125 Å². The Morgan fingerprint density at radius 1 is 0.648 bits per heavy atom. The highest BCUT2D eigenvalue weighted by molar-refractivity contribution is 7.99. The normalized spacial score (nSPS) is 20.9. The SMILES string of the molecule is CSCC[C@H](NC(C)=O)C(=O)N[C@H]1CSCc2cccc(c2)CSC[C@@H](C(=O)N[C@@H](CC(=O)O)C(=O)N[C@@H](Cc2c[nH]cn2)C(=O)N[C@@](C)(Cc2ccccc2)C(=O)N[C@@H](CCCNC(=N)N)C(=O)N[C@@H](CC(=O)O)C(N)=O)NC(=O)[C@H](Cc2ccccc2)NC(=O)[C@H](CCC(=O)O)NC(=O)[C@H]([C@@H](C)O)NC(=O)[C@@H]2CCCN2C(=O)[C@@H]2CCCN2C1=O. The molecule has 2 saturated heterocycles. The van der Waals surface area contributed by atoms with Crippen LogP contribution in [0.2, 0.25) is 0 Å². The first kappa shape index (κ1) is 97.3.